The van der Waals surface area contributed by atoms with Crippen molar-refractivity contribution in [1.82, 2.24) is 15.8 Å². The van der Waals surface area contributed by atoms with E-state index in [0.29, 0.717) is 6.42 Å². The van der Waals surface area contributed by atoms with Crippen LogP contribution in [0.15, 0.2) is 36.4 Å². The molecular weight excluding hydrogens is 392 g/mol. The largest absolute Gasteiger partial charge is 0.497 e. The Balaban J connectivity index is 1.37. The predicted octanol–water partition coefficient (Wildman–Crippen LogP) is 2.58. The number of hydrazine groups is 1. The second-order valence-corrected chi connectivity index (χ2v) is 8.34. The van der Waals surface area contributed by atoms with Crippen molar-refractivity contribution in [2.75, 3.05) is 45.3 Å². The van der Waals surface area contributed by atoms with E-state index in [0.717, 1.165) is 43.2 Å². The molecule has 0 radical (unpaired) electrons. The molecule has 1 amide bonds. The SMILES string of the molecule is COc1ccc(C2CC(C(=O)N3CCN(c4cc(C)ccc4C)CC3)NN2)c(OC)c1. The van der Waals surface area contributed by atoms with Crippen LogP contribution in [0.3, 0.4) is 0 Å². The normalized spacial score (nSPS) is 21.3. The number of rotatable bonds is 5. The Labute approximate surface area is 184 Å². The molecule has 7 heteroatoms. The minimum absolute atomic E-state index is 0.00559. The number of carbonyl (C=O) groups excluding carboxylic acids is 1. The first-order valence-corrected chi connectivity index (χ1v) is 10.8. The maximum atomic E-state index is 13.2. The number of nitrogens with zero attached hydrogens (tertiary/aromatic N) is 2. The van der Waals surface area contributed by atoms with Crippen molar-refractivity contribution >= 4 is 11.6 Å². The van der Waals surface area contributed by atoms with Crippen LogP contribution in [0.5, 0.6) is 11.5 Å². The summed E-state index contributed by atoms with van der Waals surface area (Å²) in [5.41, 5.74) is 11.3. The minimum atomic E-state index is -0.246. The maximum absolute atomic E-state index is 13.2. The number of anilines is 1. The van der Waals surface area contributed by atoms with Crippen molar-refractivity contribution in [2.45, 2.75) is 32.4 Å². The molecule has 0 spiro atoms. The average molecular weight is 425 g/mol. The Hall–Kier alpha value is -2.77. The van der Waals surface area contributed by atoms with Gasteiger partial charge in [-0.2, -0.15) is 0 Å². The number of piperazine rings is 1. The van der Waals surface area contributed by atoms with Gasteiger partial charge in [-0.3, -0.25) is 4.79 Å². The molecule has 2 aliphatic rings. The van der Waals surface area contributed by atoms with E-state index in [-0.39, 0.29) is 18.0 Å². The summed E-state index contributed by atoms with van der Waals surface area (Å²) < 4.78 is 10.8. The number of benzene rings is 2. The van der Waals surface area contributed by atoms with Gasteiger partial charge in [0, 0.05) is 43.5 Å². The fourth-order valence-electron chi connectivity index (χ4n) is 4.48. The molecule has 2 unspecified atom stereocenters. The molecule has 2 aromatic rings. The molecule has 2 aliphatic heterocycles. The molecule has 0 saturated carbocycles. The van der Waals surface area contributed by atoms with Crippen molar-refractivity contribution in [1.29, 1.82) is 0 Å². The first-order chi connectivity index (χ1) is 15.0. The fourth-order valence-corrected chi connectivity index (χ4v) is 4.48. The number of methoxy groups -OCH3 is 2. The molecule has 4 rings (SSSR count). The molecule has 2 aromatic carbocycles. The molecule has 2 heterocycles. The lowest BCUT2D eigenvalue weighted by Crippen LogP contribution is -2.53. The topological polar surface area (TPSA) is 66.1 Å². The van der Waals surface area contributed by atoms with Crippen molar-refractivity contribution in [2.24, 2.45) is 0 Å². The van der Waals surface area contributed by atoms with Crippen LogP contribution >= 0.6 is 0 Å². The standard InChI is InChI=1S/C24H32N4O3/c1-16-5-6-17(2)22(13-16)27-9-11-28(12-10-27)24(29)21-15-20(25-26-21)19-8-7-18(30-3)14-23(19)31-4/h5-8,13-14,20-21,25-26H,9-12,15H2,1-4H3. The molecule has 31 heavy (non-hydrogen) atoms. The molecule has 2 fully saturated rings. The van der Waals surface area contributed by atoms with Crippen molar-refractivity contribution in [3.05, 3.63) is 53.1 Å². The Morgan fingerprint density at radius 1 is 0.968 bits per heavy atom. The number of ether oxygens (including phenoxy) is 2. The smallest absolute Gasteiger partial charge is 0.241 e. The zero-order chi connectivity index (χ0) is 22.0. The third kappa shape index (κ3) is 4.48. The van der Waals surface area contributed by atoms with Gasteiger partial charge >= 0.3 is 0 Å². The number of aryl methyl sites for hydroxylation is 2. The summed E-state index contributed by atoms with van der Waals surface area (Å²) in [5, 5.41) is 0. The van der Waals surface area contributed by atoms with Crippen molar-refractivity contribution in [3.8, 4) is 11.5 Å². The highest BCUT2D eigenvalue weighted by Crippen LogP contribution is 2.33. The zero-order valence-corrected chi connectivity index (χ0v) is 18.8. The molecule has 2 atom stereocenters. The summed E-state index contributed by atoms with van der Waals surface area (Å²) in [7, 11) is 3.29. The first-order valence-electron chi connectivity index (χ1n) is 10.8. The summed E-state index contributed by atoms with van der Waals surface area (Å²) >= 11 is 0. The van der Waals surface area contributed by atoms with E-state index in [2.05, 4.69) is 47.8 Å². The minimum Gasteiger partial charge on any atom is -0.497 e. The third-order valence-electron chi connectivity index (χ3n) is 6.31. The Morgan fingerprint density at radius 3 is 2.45 bits per heavy atom. The van der Waals surface area contributed by atoms with E-state index >= 15 is 0 Å². The quantitative estimate of drug-likeness (QED) is 0.769. The maximum Gasteiger partial charge on any atom is 0.241 e. The highest BCUT2D eigenvalue weighted by Gasteiger charge is 2.35. The van der Waals surface area contributed by atoms with Crippen LogP contribution in [0, 0.1) is 13.8 Å². The van der Waals surface area contributed by atoms with E-state index in [1.54, 1.807) is 14.2 Å². The summed E-state index contributed by atoms with van der Waals surface area (Å²) in [6, 6.07) is 12.1. The summed E-state index contributed by atoms with van der Waals surface area (Å²) in [4.78, 5) is 17.5. The van der Waals surface area contributed by atoms with Crippen molar-refractivity contribution in [3.63, 3.8) is 0 Å². The average Bonchev–Trinajstić information content (AvgIpc) is 3.30. The Kier molecular flexibility index (Phi) is 6.34. The first kappa shape index (κ1) is 21.5. The Morgan fingerprint density at radius 2 is 1.74 bits per heavy atom. The van der Waals surface area contributed by atoms with Gasteiger partial charge in [0.1, 0.15) is 17.5 Å². The van der Waals surface area contributed by atoms with Crippen LogP contribution in [0.25, 0.3) is 0 Å². The lowest BCUT2D eigenvalue weighted by molar-refractivity contribution is -0.133. The van der Waals surface area contributed by atoms with Crippen LogP contribution < -0.4 is 25.2 Å². The van der Waals surface area contributed by atoms with Gasteiger partial charge in [-0.25, -0.2) is 10.9 Å². The number of nitrogens with one attached hydrogen (secondary N) is 2. The molecule has 0 bridgehead atoms. The fraction of sp³-hybridized carbons (Fsp3) is 0.458. The van der Waals surface area contributed by atoms with Crippen LogP contribution in [-0.2, 0) is 4.79 Å². The second kappa shape index (κ2) is 9.16. The van der Waals surface area contributed by atoms with Gasteiger partial charge in [-0.15, -0.1) is 0 Å². The molecular formula is C24H32N4O3. The van der Waals surface area contributed by atoms with Crippen molar-refractivity contribution < 1.29 is 14.3 Å². The van der Waals surface area contributed by atoms with Gasteiger partial charge in [0.25, 0.3) is 0 Å². The van der Waals surface area contributed by atoms with Crippen LogP contribution in [-0.4, -0.2) is 57.2 Å². The van der Waals surface area contributed by atoms with Gasteiger partial charge in [-0.1, -0.05) is 18.2 Å². The van der Waals surface area contributed by atoms with Gasteiger partial charge in [0.2, 0.25) is 5.91 Å². The van der Waals surface area contributed by atoms with E-state index in [1.165, 1.54) is 16.8 Å². The molecule has 0 aromatic heterocycles. The summed E-state index contributed by atoms with van der Waals surface area (Å²) in [6.07, 6.45) is 0.679. The summed E-state index contributed by atoms with van der Waals surface area (Å²) in [5.74, 6) is 1.66. The molecule has 0 aliphatic carbocycles. The number of hydrogen-bond acceptors (Lipinski definition) is 6. The van der Waals surface area contributed by atoms with Gasteiger partial charge in [0.15, 0.2) is 0 Å². The van der Waals surface area contributed by atoms with Crippen LogP contribution in [0.1, 0.15) is 29.2 Å². The molecule has 166 valence electrons. The highest BCUT2D eigenvalue weighted by atomic mass is 16.5. The molecule has 2 N–H and O–H groups in total. The predicted molar refractivity (Wildman–Crippen MR) is 122 cm³/mol. The van der Waals surface area contributed by atoms with E-state index < -0.39 is 0 Å². The summed E-state index contributed by atoms with van der Waals surface area (Å²) in [6.45, 7) is 7.45. The van der Waals surface area contributed by atoms with E-state index in [4.69, 9.17) is 9.47 Å². The monoisotopic (exact) mass is 424 g/mol. The lowest BCUT2D eigenvalue weighted by Gasteiger charge is -2.37. The van der Waals surface area contributed by atoms with Crippen LogP contribution in [0.2, 0.25) is 0 Å². The lowest BCUT2D eigenvalue weighted by atomic mass is 10.00. The number of carbonyl (C=O) groups is 1. The van der Waals surface area contributed by atoms with E-state index in [1.807, 2.05) is 23.1 Å². The third-order valence-corrected chi connectivity index (χ3v) is 6.31. The number of amides is 1. The van der Waals surface area contributed by atoms with Crippen LogP contribution in [0.4, 0.5) is 5.69 Å². The number of hydrogen-bond donors (Lipinski definition) is 2. The van der Waals surface area contributed by atoms with Gasteiger partial charge < -0.3 is 19.3 Å². The second-order valence-electron chi connectivity index (χ2n) is 8.34. The zero-order valence-electron chi connectivity index (χ0n) is 18.8. The van der Waals surface area contributed by atoms with Gasteiger partial charge in [0.05, 0.1) is 20.3 Å². The van der Waals surface area contributed by atoms with E-state index in [9.17, 15) is 4.79 Å². The molecule has 2 saturated heterocycles. The highest BCUT2D eigenvalue weighted by molar-refractivity contribution is 5.82. The molecule has 7 nitrogen and oxygen atoms in total. The Bertz CT molecular complexity index is 940. The van der Waals surface area contributed by atoms with Gasteiger partial charge in [-0.05, 0) is 43.5 Å².